The molecule has 124 valence electrons. The molecule has 0 fully saturated rings. The molecule has 1 aromatic carbocycles. The number of carbonyl (C=O) groups is 2. The Morgan fingerprint density at radius 2 is 2.08 bits per heavy atom. The summed E-state index contributed by atoms with van der Waals surface area (Å²) < 4.78 is 10.2. The Labute approximate surface area is 138 Å². The molecule has 0 saturated heterocycles. The molecule has 0 aliphatic rings. The summed E-state index contributed by atoms with van der Waals surface area (Å²) in [6.07, 6.45) is 0.190. The van der Waals surface area contributed by atoms with E-state index < -0.39 is 18.5 Å². The van der Waals surface area contributed by atoms with Crippen LogP contribution in [0.3, 0.4) is 0 Å². The van der Waals surface area contributed by atoms with Gasteiger partial charge in [-0.2, -0.15) is 5.26 Å². The predicted octanol–water partition coefficient (Wildman–Crippen LogP) is 1.63. The van der Waals surface area contributed by atoms with E-state index in [4.69, 9.17) is 14.4 Å². The SMILES string of the molecule is Cc1ccc2oc(C(=O)OCC(=O)N(C)CCC#N)cc(=O)c2c1. The predicted molar refractivity (Wildman–Crippen MR) is 85.4 cm³/mol. The third-order valence-electron chi connectivity index (χ3n) is 3.40. The van der Waals surface area contributed by atoms with Crippen molar-refractivity contribution in [3.63, 3.8) is 0 Å². The molecule has 1 aromatic heterocycles. The maximum atomic E-state index is 12.0. The van der Waals surface area contributed by atoms with Crippen LogP contribution in [0, 0.1) is 18.3 Å². The Morgan fingerprint density at radius 3 is 2.79 bits per heavy atom. The minimum absolute atomic E-state index is 0.190. The number of hydrogen-bond acceptors (Lipinski definition) is 6. The minimum atomic E-state index is -0.892. The summed E-state index contributed by atoms with van der Waals surface area (Å²) in [5.41, 5.74) is 0.818. The Balaban J connectivity index is 2.09. The zero-order valence-electron chi connectivity index (χ0n) is 13.4. The van der Waals surface area contributed by atoms with E-state index in [1.807, 2.05) is 13.0 Å². The topological polar surface area (TPSA) is 101 Å². The number of nitrogens with zero attached hydrogens (tertiary/aromatic N) is 2. The molecule has 0 N–H and O–H groups in total. The lowest BCUT2D eigenvalue weighted by molar-refractivity contribution is -0.133. The number of amides is 1. The van der Waals surface area contributed by atoms with Gasteiger partial charge in [0.2, 0.25) is 5.76 Å². The number of esters is 1. The molecule has 0 aliphatic carbocycles. The fraction of sp³-hybridized carbons (Fsp3) is 0.294. The molecule has 0 spiro atoms. The van der Waals surface area contributed by atoms with Gasteiger partial charge in [0.1, 0.15) is 5.58 Å². The number of ether oxygens (including phenoxy) is 1. The van der Waals surface area contributed by atoms with Crippen LogP contribution in [-0.4, -0.2) is 37.0 Å². The molecule has 0 atom stereocenters. The van der Waals surface area contributed by atoms with Gasteiger partial charge in [-0.15, -0.1) is 0 Å². The van der Waals surface area contributed by atoms with Crippen LogP contribution in [0.15, 0.2) is 33.5 Å². The maximum Gasteiger partial charge on any atom is 0.374 e. The Morgan fingerprint density at radius 1 is 1.33 bits per heavy atom. The van der Waals surface area contributed by atoms with E-state index in [1.54, 1.807) is 18.2 Å². The molecule has 24 heavy (non-hydrogen) atoms. The summed E-state index contributed by atoms with van der Waals surface area (Å²) in [6.45, 7) is 1.60. The molecule has 7 heteroatoms. The number of benzene rings is 1. The van der Waals surface area contributed by atoms with E-state index >= 15 is 0 Å². The van der Waals surface area contributed by atoms with Crippen LogP contribution in [0.4, 0.5) is 0 Å². The molecule has 0 radical (unpaired) electrons. The van der Waals surface area contributed by atoms with Gasteiger partial charge in [-0.1, -0.05) is 11.6 Å². The first-order chi connectivity index (χ1) is 11.4. The Bertz CT molecular complexity index is 879. The van der Waals surface area contributed by atoms with Crippen molar-refractivity contribution in [3.05, 3.63) is 45.8 Å². The average molecular weight is 328 g/mol. The van der Waals surface area contributed by atoms with Crippen LogP contribution in [0.25, 0.3) is 11.0 Å². The quantitative estimate of drug-likeness (QED) is 0.773. The maximum absolute atomic E-state index is 12.0. The number of aryl methyl sites for hydroxylation is 1. The number of rotatable bonds is 5. The second kappa shape index (κ2) is 7.42. The number of nitriles is 1. The van der Waals surface area contributed by atoms with Gasteiger partial charge in [-0.3, -0.25) is 9.59 Å². The van der Waals surface area contributed by atoms with Crippen LogP contribution in [-0.2, 0) is 9.53 Å². The van der Waals surface area contributed by atoms with Gasteiger partial charge in [0, 0.05) is 19.7 Å². The fourth-order valence-electron chi connectivity index (χ4n) is 2.02. The van der Waals surface area contributed by atoms with E-state index in [9.17, 15) is 14.4 Å². The van der Waals surface area contributed by atoms with Crippen LogP contribution in [0.2, 0.25) is 0 Å². The smallest absolute Gasteiger partial charge is 0.374 e. The number of fused-ring (bicyclic) bond motifs is 1. The highest BCUT2D eigenvalue weighted by Crippen LogP contribution is 2.14. The van der Waals surface area contributed by atoms with Crippen molar-refractivity contribution in [3.8, 4) is 6.07 Å². The molecule has 1 heterocycles. The van der Waals surface area contributed by atoms with E-state index in [2.05, 4.69) is 0 Å². The van der Waals surface area contributed by atoms with E-state index in [0.29, 0.717) is 5.39 Å². The molecule has 2 rings (SSSR count). The first kappa shape index (κ1) is 17.2. The van der Waals surface area contributed by atoms with E-state index in [0.717, 1.165) is 11.6 Å². The summed E-state index contributed by atoms with van der Waals surface area (Å²) >= 11 is 0. The molecular weight excluding hydrogens is 312 g/mol. The lowest BCUT2D eigenvalue weighted by Crippen LogP contribution is -2.32. The van der Waals surface area contributed by atoms with Crippen LogP contribution in [0.1, 0.15) is 22.5 Å². The monoisotopic (exact) mass is 328 g/mol. The summed E-state index contributed by atoms with van der Waals surface area (Å²) in [7, 11) is 1.51. The second-order valence-corrected chi connectivity index (χ2v) is 5.27. The summed E-state index contributed by atoms with van der Waals surface area (Å²) in [4.78, 5) is 37.1. The van der Waals surface area contributed by atoms with Crippen molar-refractivity contribution in [2.75, 3.05) is 20.2 Å². The van der Waals surface area contributed by atoms with Crippen LogP contribution in [0.5, 0.6) is 0 Å². The van der Waals surface area contributed by atoms with Gasteiger partial charge in [-0.25, -0.2) is 4.79 Å². The highest BCUT2D eigenvalue weighted by Gasteiger charge is 2.17. The average Bonchev–Trinajstić information content (AvgIpc) is 2.57. The summed E-state index contributed by atoms with van der Waals surface area (Å²) in [6, 6.07) is 8.00. The van der Waals surface area contributed by atoms with Crippen molar-refractivity contribution in [1.82, 2.24) is 4.90 Å². The molecule has 7 nitrogen and oxygen atoms in total. The number of hydrogen-bond donors (Lipinski definition) is 0. The van der Waals surface area contributed by atoms with Gasteiger partial charge >= 0.3 is 5.97 Å². The van der Waals surface area contributed by atoms with Crippen molar-refractivity contribution in [1.29, 1.82) is 5.26 Å². The Kier molecular flexibility index (Phi) is 5.32. The second-order valence-electron chi connectivity index (χ2n) is 5.27. The molecule has 0 aliphatic heterocycles. The largest absolute Gasteiger partial charge is 0.450 e. The lowest BCUT2D eigenvalue weighted by Gasteiger charge is -2.15. The molecular formula is C17H16N2O5. The van der Waals surface area contributed by atoms with E-state index in [1.165, 1.54) is 11.9 Å². The van der Waals surface area contributed by atoms with Gasteiger partial charge in [0.05, 0.1) is 17.9 Å². The van der Waals surface area contributed by atoms with Crippen molar-refractivity contribution in [2.45, 2.75) is 13.3 Å². The van der Waals surface area contributed by atoms with Gasteiger partial charge < -0.3 is 14.1 Å². The zero-order valence-corrected chi connectivity index (χ0v) is 13.4. The van der Waals surface area contributed by atoms with Gasteiger partial charge in [-0.05, 0) is 19.1 Å². The zero-order chi connectivity index (χ0) is 17.7. The molecule has 1 amide bonds. The van der Waals surface area contributed by atoms with Gasteiger partial charge in [0.15, 0.2) is 12.0 Å². The van der Waals surface area contributed by atoms with Crippen molar-refractivity contribution < 1.29 is 18.7 Å². The summed E-state index contributed by atoms with van der Waals surface area (Å²) in [5.74, 6) is -1.60. The van der Waals surface area contributed by atoms with Crippen molar-refractivity contribution >= 4 is 22.8 Å². The highest BCUT2D eigenvalue weighted by atomic mass is 16.5. The Hall–Kier alpha value is -3.14. The van der Waals surface area contributed by atoms with Gasteiger partial charge in [0.25, 0.3) is 5.91 Å². The number of likely N-dealkylation sites (N-methyl/N-ethyl adjacent to an activating group) is 1. The fourth-order valence-corrected chi connectivity index (χ4v) is 2.02. The number of carbonyl (C=O) groups excluding carboxylic acids is 2. The highest BCUT2D eigenvalue weighted by molar-refractivity contribution is 5.90. The lowest BCUT2D eigenvalue weighted by atomic mass is 10.1. The normalized spacial score (nSPS) is 10.2. The molecule has 0 unspecified atom stereocenters. The molecule has 2 aromatic rings. The standard InChI is InChI=1S/C17H16N2O5/c1-11-4-5-14-12(8-11)13(20)9-15(24-14)17(22)23-10-16(21)19(2)7-3-6-18/h4-5,8-9H,3,7,10H2,1-2H3. The van der Waals surface area contributed by atoms with E-state index in [-0.39, 0.29) is 29.7 Å². The van der Waals surface area contributed by atoms with Crippen LogP contribution >= 0.6 is 0 Å². The van der Waals surface area contributed by atoms with Crippen LogP contribution < -0.4 is 5.43 Å². The minimum Gasteiger partial charge on any atom is -0.450 e. The first-order valence-electron chi connectivity index (χ1n) is 7.25. The van der Waals surface area contributed by atoms with Crippen molar-refractivity contribution in [2.24, 2.45) is 0 Å². The third-order valence-corrected chi connectivity index (χ3v) is 3.40. The third kappa shape index (κ3) is 3.98. The molecule has 0 bridgehead atoms. The first-order valence-corrected chi connectivity index (χ1v) is 7.25. The molecule has 0 saturated carbocycles. The summed E-state index contributed by atoms with van der Waals surface area (Å²) in [5, 5.41) is 8.85.